The van der Waals surface area contributed by atoms with Gasteiger partial charge in [0, 0.05) is 11.1 Å². The minimum absolute atomic E-state index is 0. The van der Waals surface area contributed by atoms with E-state index in [0.717, 1.165) is 39.0 Å². The van der Waals surface area contributed by atoms with E-state index in [-0.39, 0.29) is 70.3 Å². The van der Waals surface area contributed by atoms with E-state index < -0.39 is 17.4 Å². The Balaban J connectivity index is 0.00000130. The molecule has 0 saturated heterocycles. The summed E-state index contributed by atoms with van der Waals surface area (Å²) >= 11 is 0. The van der Waals surface area contributed by atoms with Crippen LogP contribution in [0.25, 0.3) is 23.3 Å². The first-order chi connectivity index (χ1) is 15.0. The Morgan fingerprint density at radius 3 is 1.82 bits per heavy atom. The molecule has 0 radical (unpaired) electrons. The van der Waals surface area contributed by atoms with Crippen molar-refractivity contribution in [3.8, 4) is 0 Å². The van der Waals surface area contributed by atoms with Crippen LogP contribution in [0.1, 0.15) is 22.3 Å². The first-order valence-electron chi connectivity index (χ1n) is 9.95. The van der Waals surface area contributed by atoms with Crippen molar-refractivity contribution < 1.29 is 78.9 Å². The summed E-state index contributed by atoms with van der Waals surface area (Å²) in [7, 11) is 0. The second-order valence-electron chi connectivity index (χ2n) is 7.96. The van der Waals surface area contributed by atoms with Gasteiger partial charge in [-0.05, 0) is 62.8 Å². The maximum Gasteiger partial charge on any atom is 1.00 e. The van der Waals surface area contributed by atoms with Crippen molar-refractivity contribution in [3.63, 3.8) is 0 Å². The molecule has 2 aromatic carbocycles. The van der Waals surface area contributed by atoms with Gasteiger partial charge in [0.2, 0.25) is 0 Å². The summed E-state index contributed by atoms with van der Waals surface area (Å²) in [5.74, 6) is -3.05. The predicted molar refractivity (Wildman–Crippen MR) is 113 cm³/mol. The summed E-state index contributed by atoms with van der Waals surface area (Å²) in [6, 6.07) is 15.4. The molecule has 0 aliphatic heterocycles. The smallest absolute Gasteiger partial charge is 0.545 e. The van der Waals surface area contributed by atoms with Crippen LogP contribution in [-0.2, 0) is 9.59 Å². The molecule has 0 heterocycles. The van der Waals surface area contributed by atoms with E-state index in [1.807, 2.05) is 66.8 Å². The molecule has 1 atom stereocenters. The number of allylic oxidation sites excluding steroid dienone is 7. The Kier molecular flexibility index (Phi) is 6.21. The van der Waals surface area contributed by atoms with Gasteiger partial charge >= 0.3 is 59.1 Å². The Morgan fingerprint density at radius 1 is 0.697 bits per heavy atom. The number of rotatable bonds is 2. The fourth-order valence-corrected chi connectivity index (χ4v) is 5.31. The number of carboxylic acid groups (broad SMARTS) is 2. The minimum Gasteiger partial charge on any atom is -0.545 e. The van der Waals surface area contributed by atoms with Crippen LogP contribution in [0.3, 0.4) is 0 Å². The van der Waals surface area contributed by atoms with Crippen LogP contribution in [0.4, 0.5) is 0 Å². The molecular weight excluding hydrogens is 434 g/mol. The topological polar surface area (TPSA) is 80.3 Å². The molecule has 33 heavy (non-hydrogen) atoms. The summed E-state index contributed by atoms with van der Waals surface area (Å²) in [5, 5.41) is 24.6. The van der Waals surface area contributed by atoms with Crippen LogP contribution < -0.4 is 69.3 Å². The number of carbonyl (C=O) groups is 2. The number of fused-ring (bicyclic) bond motifs is 8. The van der Waals surface area contributed by atoms with Crippen molar-refractivity contribution in [1.29, 1.82) is 0 Å². The molecule has 2 aromatic rings. The van der Waals surface area contributed by atoms with Crippen LogP contribution >= 0.6 is 0 Å². The molecule has 0 saturated carbocycles. The van der Waals surface area contributed by atoms with Crippen molar-refractivity contribution in [1.82, 2.24) is 0 Å². The van der Waals surface area contributed by atoms with Gasteiger partial charge in [-0.3, -0.25) is 0 Å². The Morgan fingerprint density at radius 2 is 1.24 bits per heavy atom. The van der Waals surface area contributed by atoms with Gasteiger partial charge < -0.3 is 19.8 Å². The van der Waals surface area contributed by atoms with Crippen LogP contribution in [0.15, 0.2) is 95.1 Å². The molecule has 0 aromatic heterocycles. The maximum absolute atomic E-state index is 12.5. The fraction of sp³-hybridized carbons (Fsp3) is 0.0370. The van der Waals surface area contributed by atoms with Gasteiger partial charge in [0.15, 0.2) is 0 Å². The first-order valence-corrected chi connectivity index (χ1v) is 9.95. The van der Waals surface area contributed by atoms with Crippen molar-refractivity contribution in [2.45, 2.75) is 0 Å². The Labute approximate surface area is 235 Å². The second-order valence-corrected chi connectivity index (χ2v) is 7.96. The van der Waals surface area contributed by atoms with Crippen LogP contribution in [0.2, 0.25) is 0 Å². The predicted octanol–water partition coefficient (Wildman–Crippen LogP) is -3.68. The van der Waals surface area contributed by atoms with E-state index in [1.54, 1.807) is 12.2 Å². The summed E-state index contributed by atoms with van der Waals surface area (Å²) in [6.07, 6.45) is 10.8. The van der Waals surface area contributed by atoms with E-state index in [1.165, 1.54) is 6.08 Å². The zero-order chi connectivity index (χ0) is 21.3. The Bertz CT molecular complexity index is 1430. The van der Waals surface area contributed by atoms with Crippen molar-refractivity contribution >= 4 is 35.2 Å². The molecule has 4 aliphatic carbocycles. The fourth-order valence-electron chi connectivity index (χ4n) is 5.31. The minimum atomic E-state index is -1.53. The zero-order valence-corrected chi connectivity index (χ0v) is 22.2. The van der Waals surface area contributed by atoms with E-state index in [9.17, 15) is 19.8 Å². The average Bonchev–Trinajstić information content (AvgIpc) is 3.33. The maximum atomic E-state index is 12.5. The summed E-state index contributed by atoms with van der Waals surface area (Å²) in [5.41, 5.74) is 4.85. The van der Waals surface area contributed by atoms with E-state index >= 15 is 0 Å². The van der Waals surface area contributed by atoms with Gasteiger partial charge in [-0.15, -0.1) is 0 Å². The molecule has 6 rings (SSSR count). The zero-order valence-electron chi connectivity index (χ0n) is 18.2. The summed E-state index contributed by atoms with van der Waals surface area (Å²) < 4.78 is 0. The summed E-state index contributed by atoms with van der Waals surface area (Å²) in [6.45, 7) is 0. The van der Waals surface area contributed by atoms with Crippen LogP contribution in [0.5, 0.6) is 0 Å². The largest absolute Gasteiger partial charge is 1.00 e. The quantitative estimate of drug-likeness (QED) is 0.444. The summed E-state index contributed by atoms with van der Waals surface area (Å²) in [4.78, 5) is 24.6. The van der Waals surface area contributed by atoms with Gasteiger partial charge in [0.25, 0.3) is 0 Å². The molecular formula is C27H14Na2O4. The van der Waals surface area contributed by atoms with Gasteiger partial charge in [0.05, 0.1) is 17.4 Å². The number of hydrogen-bond donors (Lipinski definition) is 0. The van der Waals surface area contributed by atoms with E-state index in [4.69, 9.17) is 0 Å². The van der Waals surface area contributed by atoms with Gasteiger partial charge in [-0.2, -0.15) is 0 Å². The molecule has 0 fully saturated rings. The SMILES string of the molecule is O=C([O-])C1=C(C(=O)[O-])C2(C=CC=C3C2=Cc2ccccc23)C2=Cc3ccccc3C2=C1.[Na+].[Na+]. The van der Waals surface area contributed by atoms with Crippen LogP contribution in [-0.4, -0.2) is 11.9 Å². The van der Waals surface area contributed by atoms with Crippen molar-refractivity contribution in [2.24, 2.45) is 5.41 Å². The standard InChI is InChI=1S/C27H16O4.2Na/c28-25(29)21-14-20-18-9-4-2-7-16(18)13-23(20)27(24(21)26(30)31)11-5-10-19-17-8-3-1-6-15(17)12-22(19)27;;/h1-14H,(H,28,29)(H,30,31);;/q;2*+1/p-2. The second kappa shape index (κ2) is 8.55. The first kappa shape index (κ1) is 24.0. The van der Waals surface area contributed by atoms with E-state index in [0.29, 0.717) is 5.57 Å². The monoisotopic (exact) mass is 448 g/mol. The number of hydrogen-bond acceptors (Lipinski definition) is 4. The van der Waals surface area contributed by atoms with Gasteiger partial charge in [0.1, 0.15) is 0 Å². The molecule has 4 aliphatic rings. The van der Waals surface area contributed by atoms with Gasteiger partial charge in [-0.25, -0.2) is 0 Å². The molecule has 148 valence electrons. The number of benzene rings is 2. The normalized spacial score (nSPS) is 20.7. The molecule has 1 unspecified atom stereocenters. The molecule has 0 amide bonds. The molecule has 0 N–H and O–H groups in total. The average molecular weight is 448 g/mol. The third-order valence-electron chi connectivity index (χ3n) is 6.52. The Hall–Kier alpha value is -2.18. The number of carboxylic acids is 2. The van der Waals surface area contributed by atoms with Crippen molar-refractivity contribution in [2.75, 3.05) is 0 Å². The third-order valence-corrected chi connectivity index (χ3v) is 6.52. The number of aliphatic carboxylic acids is 2. The van der Waals surface area contributed by atoms with Crippen molar-refractivity contribution in [3.05, 3.63) is 117 Å². The molecule has 0 bridgehead atoms. The van der Waals surface area contributed by atoms with E-state index in [2.05, 4.69) is 0 Å². The number of carbonyl (C=O) groups excluding carboxylic acids is 2. The third kappa shape index (κ3) is 3.21. The molecule has 6 heteroatoms. The van der Waals surface area contributed by atoms with Gasteiger partial charge in [-0.1, -0.05) is 66.8 Å². The molecule has 1 spiro atoms. The molecule has 4 nitrogen and oxygen atoms in total. The van der Waals surface area contributed by atoms with Crippen LogP contribution in [0, 0.1) is 5.41 Å².